The van der Waals surface area contributed by atoms with E-state index in [9.17, 15) is 24.5 Å². The van der Waals surface area contributed by atoms with E-state index >= 15 is 0 Å². The minimum atomic E-state index is -0.851. The van der Waals surface area contributed by atoms with E-state index in [4.69, 9.17) is 16.3 Å². The molecule has 0 aliphatic carbocycles. The van der Waals surface area contributed by atoms with Gasteiger partial charge >= 0.3 is 5.97 Å². The van der Waals surface area contributed by atoms with Crippen LogP contribution in [0.2, 0.25) is 5.02 Å². The standard InChI is InChI=1S/C20H13ClN2O6S/c21-15-8-7-12(23(27)28)10-16(15)22-18(24)11-29-20(26)14-5-2-1-4-13(14)19(25)17-6-3-9-30-17/h1-10H,11H2,(H,22,24). The Labute approximate surface area is 179 Å². The number of thiophene rings is 1. The quantitative estimate of drug-likeness (QED) is 0.251. The van der Waals surface area contributed by atoms with Gasteiger partial charge in [-0.25, -0.2) is 4.79 Å². The predicted octanol–water partition coefficient (Wildman–Crippen LogP) is 4.34. The summed E-state index contributed by atoms with van der Waals surface area (Å²) >= 11 is 7.17. The van der Waals surface area contributed by atoms with Gasteiger partial charge < -0.3 is 10.1 Å². The molecule has 30 heavy (non-hydrogen) atoms. The van der Waals surface area contributed by atoms with Crippen LogP contribution in [0.5, 0.6) is 0 Å². The van der Waals surface area contributed by atoms with Gasteiger partial charge in [-0.15, -0.1) is 11.3 Å². The number of anilines is 1. The fourth-order valence-corrected chi connectivity index (χ4v) is 3.36. The maximum Gasteiger partial charge on any atom is 0.339 e. The summed E-state index contributed by atoms with van der Waals surface area (Å²) in [6.07, 6.45) is 0. The number of ketones is 1. The molecule has 152 valence electrons. The summed E-state index contributed by atoms with van der Waals surface area (Å²) in [5.74, 6) is -1.92. The minimum Gasteiger partial charge on any atom is -0.452 e. The number of hydrogen-bond acceptors (Lipinski definition) is 7. The largest absolute Gasteiger partial charge is 0.452 e. The highest BCUT2D eigenvalue weighted by Gasteiger charge is 2.21. The monoisotopic (exact) mass is 444 g/mol. The topological polar surface area (TPSA) is 116 Å². The van der Waals surface area contributed by atoms with Crippen LogP contribution in [0.25, 0.3) is 0 Å². The molecule has 0 aliphatic heterocycles. The number of nitrogens with one attached hydrogen (secondary N) is 1. The van der Waals surface area contributed by atoms with E-state index in [1.807, 2.05) is 0 Å². The summed E-state index contributed by atoms with van der Waals surface area (Å²) in [5, 5.41) is 15.0. The molecule has 3 aromatic rings. The van der Waals surface area contributed by atoms with Gasteiger partial charge in [-0.05, 0) is 23.6 Å². The second-order valence-electron chi connectivity index (χ2n) is 5.90. The van der Waals surface area contributed by atoms with Gasteiger partial charge in [0.2, 0.25) is 5.78 Å². The fourth-order valence-electron chi connectivity index (χ4n) is 2.52. The fraction of sp³-hybridized carbons (Fsp3) is 0.0500. The molecule has 1 aromatic heterocycles. The van der Waals surface area contributed by atoms with E-state index in [0.717, 1.165) is 6.07 Å². The van der Waals surface area contributed by atoms with Crippen LogP contribution in [-0.2, 0) is 9.53 Å². The van der Waals surface area contributed by atoms with Gasteiger partial charge in [-0.3, -0.25) is 19.7 Å². The third-order valence-corrected chi connectivity index (χ3v) is 5.10. The van der Waals surface area contributed by atoms with E-state index in [2.05, 4.69) is 5.32 Å². The normalized spacial score (nSPS) is 10.3. The van der Waals surface area contributed by atoms with Gasteiger partial charge in [0.15, 0.2) is 6.61 Å². The number of carbonyl (C=O) groups is 3. The molecule has 0 atom stereocenters. The smallest absolute Gasteiger partial charge is 0.339 e. The second kappa shape index (κ2) is 9.29. The number of rotatable bonds is 7. The number of benzene rings is 2. The van der Waals surface area contributed by atoms with E-state index < -0.39 is 23.4 Å². The van der Waals surface area contributed by atoms with Crippen molar-refractivity contribution in [2.45, 2.75) is 0 Å². The van der Waals surface area contributed by atoms with E-state index in [1.54, 1.807) is 29.6 Å². The van der Waals surface area contributed by atoms with E-state index in [0.29, 0.717) is 4.88 Å². The molecule has 2 aromatic carbocycles. The van der Waals surface area contributed by atoms with Gasteiger partial charge in [-0.2, -0.15) is 0 Å². The number of non-ortho nitro benzene ring substituents is 1. The first-order valence-corrected chi connectivity index (χ1v) is 9.70. The highest BCUT2D eigenvalue weighted by molar-refractivity contribution is 7.12. The molecule has 3 rings (SSSR count). The Balaban J connectivity index is 1.68. The van der Waals surface area contributed by atoms with Crippen molar-refractivity contribution in [3.8, 4) is 0 Å². The second-order valence-corrected chi connectivity index (χ2v) is 7.25. The molecular formula is C20H13ClN2O6S. The van der Waals surface area contributed by atoms with Crippen LogP contribution in [0, 0.1) is 10.1 Å². The molecule has 1 amide bonds. The molecule has 1 N–H and O–H groups in total. The first kappa shape index (κ1) is 21.2. The molecule has 0 bridgehead atoms. The molecule has 0 saturated heterocycles. The SMILES string of the molecule is O=C(COC(=O)c1ccccc1C(=O)c1cccs1)Nc1cc([N+](=O)[O-])ccc1Cl. The Bertz CT molecular complexity index is 1130. The number of amides is 1. The summed E-state index contributed by atoms with van der Waals surface area (Å²) in [6, 6.07) is 13.1. The third kappa shape index (κ3) is 4.88. The highest BCUT2D eigenvalue weighted by atomic mass is 35.5. The number of esters is 1. The lowest BCUT2D eigenvalue weighted by Gasteiger charge is -2.10. The number of nitro groups is 1. The zero-order valence-corrected chi connectivity index (χ0v) is 16.7. The van der Waals surface area contributed by atoms with Crippen molar-refractivity contribution in [1.82, 2.24) is 0 Å². The molecule has 8 nitrogen and oxygen atoms in total. The predicted molar refractivity (Wildman–Crippen MR) is 111 cm³/mol. The molecule has 10 heteroatoms. The summed E-state index contributed by atoms with van der Waals surface area (Å²) < 4.78 is 5.01. The summed E-state index contributed by atoms with van der Waals surface area (Å²) in [4.78, 5) is 47.8. The Hall–Kier alpha value is -3.56. The van der Waals surface area contributed by atoms with Crippen LogP contribution < -0.4 is 5.32 Å². The molecule has 0 unspecified atom stereocenters. The Morgan fingerprint density at radius 3 is 2.47 bits per heavy atom. The van der Waals surface area contributed by atoms with Crippen molar-refractivity contribution >= 4 is 52.0 Å². The lowest BCUT2D eigenvalue weighted by atomic mass is 10.0. The molecule has 0 aliphatic rings. The van der Waals surface area contributed by atoms with E-state index in [1.165, 1.54) is 35.6 Å². The lowest BCUT2D eigenvalue weighted by Crippen LogP contribution is -2.22. The molecule has 1 heterocycles. The van der Waals surface area contributed by atoms with Crippen molar-refractivity contribution in [3.63, 3.8) is 0 Å². The molecule has 0 saturated carbocycles. The van der Waals surface area contributed by atoms with Crippen molar-refractivity contribution in [1.29, 1.82) is 0 Å². The number of ether oxygens (including phenoxy) is 1. The van der Waals surface area contributed by atoms with Crippen LogP contribution in [0.1, 0.15) is 25.6 Å². The van der Waals surface area contributed by atoms with Gasteiger partial charge in [-0.1, -0.05) is 35.9 Å². The molecular weight excluding hydrogens is 432 g/mol. The van der Waals surface area contributed by atoms with Crippen LogP contribution in [-0.4, -0.2) is 29.2 Å². The summed E-state index contributed by atoms with van der Waals surface area (Å²) in [6.45, 7) is -0.667. The number of nitrogens with zero attached hydrogens (tertiary/aromatic N) is 1. The molecule has 0 radical (unpaired) electrons. The van der Waals surface area contributed by atoms with Crippen molar-refractivity contribution in [3.05, 3.63) is 91.1 Å². The summed E-state index contributed by atoms with van der Waals surface area (Å²) in [5.41, 5.74) is -0.0583. The first-order chi connectivity index (χ1) is 14.4. The highest BCUT2D eigenvalue weighted by Crippen LogP contribution is 2.26. The van der Waals surface area contributed by atoms with Crippen molar-refractivity contribution in [2.75, 3.05) is 11.9 Å². The number of carbonyl (C=O) groups excluding carboxylic acids is 3. The number of hydrogen-bond donors (Lipinski definition) is 1. The first-order valence-electron chi connectivity index (χ1n) is 8.45. The van der Waals surface area contributed by atoms with Crippen LogP contribution in [0.4, 0.5) is 11.4 Å². The minimum absolute atomic E-state index is 0.0141. The maximum atomic E-state index is 12.6. The van der Waals surface area contributed by atoms with Gasteiger partial charge in [0, 0.05) is 17.7 Å². The number of halogens is 1. The van der Waals surface area contributed by atoms with E-state index in [-0.39, 0.29) is 33.3 Å². The Morgan fingerprint density at radius 1 is 1.07 bits per heavy atom. The van der Waals surface area contributed by atoms with Crippen LogP contribution in [0.15, 0.2) is 60.0 Å². The van der Waals surface area contributed by atoms with Gasteiger partial charge in [0.1, 0.15) is 0 Å². The van der Waals surface area contributed by atoms with Gasteiger partial charge in [0.05, 0.1) is 26.1 Å². The Morgan fingerprint density at radius 2 is 1.80 bits per heavy atom. The number of nitro benzene ring substituents is 1. The average molecular weight is 445 g/mol. The Kier molecular flexibility index (Phi) is 6.55. The maximum absolute atomic E-state index is 12.6. The van der Waals surface area contributed by atoms with Crippen LogP contribution >= 0.6 is 22.9 Å². The van der Waals surface area contributed by atoms with Crippen LogP contribution in [0.3, 0.4) is 0 Å². The van der Waals surface area contributed by atoms with Gasteiger partial charge in [0.25, 0.3) is 11.6 Å². The lowest BCUT2D eigenvalue weighted by molar-refractivity contribution is -0.384. The summed E-state index contributed by atoms with van der Waals surface area (Å²) in [7, 11) is 0. The van der Waals surface area contributed by atoms with Crippen molar-refractivity contribution < 1.29 is 24.0 Å². The average Bonchev–Trinajstić information content (AvgIpc) is 3.28. The third-order valence-electron chi connectivity index (χ3n) is 3.91. The van der Waals surface area contributed by atoms with Crippen molar-refractivity contribution in [2.24, 2.45) is 0 Å². The zero-order chi connectivity index (χ0) is 21.7. The zero-order valence-electron chi connectivity index (χ0n) is 15.2. The molecule has 0 spiro atoms. The molecule has 0 fully saturated rings.